The van der Waals surface area contributed by atoms with Gasteiger partial charge in [0.25, 0.3) is 0 Å². The molecule has 0 radical (unpaired) electrons. The number of nitrogens with zero attached hydrogens (tertiary/aromatic N) is 2. The molecule has 0 fully saturated rings. The molecule has 0 saturated heterocycles. The van der Waals surface area contributed by atoms with E-state index >= 15 is 0 Å². The van der Waals surface area contributed by atoms with Crippen LogP contribution in [0.4, 0.5) is 0 Å². The summed E-state index contributed by atoms with van der Waals surface area (Å²) in [6.45, 7) is 1.98. The van der Waals surface area contributed by atoms with Gasteiger partial charge in [-0.25, -0.2) is 9.78 Å². The van der Waals surface area contributed by atoms with Crippen LogP contribution in [-0.4, -0.2) is 23.0 Å². The highest BCUT2D eigenvalue weighted by molar-refractivity contribution is 5.86. The third-order valence-corrected chi connectivity index (χ3v) is 2.26. The first-order valence-corrected chi connectivity index (χ1v) is 5.35. The molecule has 0 aliphatic heterocycles. The fourth-order valence-corrected chi connectivity index (χ4v) is 1.32. The average molecular weight is 244 g/mol. The Labute approximate surface area is 104 Å². The summed E-state index contributed by atoms with van der Waals surface area (Å²) >= 11 is 0. The number of aryl methyl sites for hydroxylation is 1. The zero-order valence-corrected chi connectivity index (χ0v) is 10.1. The fraction of sp³-hybridized carbons (Fsp3) is 0.154. The summed E-state index contributed by atoms with van der Waals surface area (Å²) < 4.78 is 10.0. The van der Waals surface area contributed by atoms with E-state index in [0.29, 0.717) is 5.75 Å². The van der Waals surface area contributed by atoms with E-state index in [0.717, 1.165) is 5.56 Å². The maximum atomic E-state index is 11.3. The molecule has 0 bridgehead atoms. The second-order valence-corrected chi connectivity index (χ2v) is 3.63. The standard InChI is InChI=1S/C13H12N2O3/c1-9-3-5-10(6-4-9)18-13-14-8-7-11(15-13)12(16)17-2/h3-8H,1-2H3. The van der Waals surface area contributed by atoms with Crippen molar-refractivity contribution >= 4 is 5.97 Å². The van der Waals surface area contributed by atoms with E-state index < -0.39 is 5.97 Å². The number of benzene rings is 1. The predicted octanol–water partition coefficient (Wildman–Crippen LogP) is 2.36. The van der Waals surface area contributed by atoms with Crippen molar-refractivity contribution in [3.05, 3.63) is 47.8 Å². The number of rotatable bonds is 3. The molecule has 2 rings (SSSR count). The molecule has 1 heterocycles. The van der Waals surface area contributed by atoms with Gasteiger partial charge in [-0.2, -0.15) is 4.98 Å². The van der Waals surface area contributed by atoms with Crippen molar-refractivity contribution in [1.29, 1.82) is 0 Å². The lowest BCUT2D eigenvalue weighted by molar-refractivity contribution is 0.0592. The van der Waals surface area contributed by atoms with Gasteiger partial charge in [-0.15, -0.1) is 0 Å². The topological polar surface area (TPSA) is 61.3 Å². The lowest BCUT2D eigenvalue weighted by Crippen LogP contribution is -2.05. The zero-order valence-electron chi connectivity index (χ0n) is 10.1. The average Bonchev–Trinajstić information content (AvgIpc) is 2.41. The first-order valence-electron chi connectivity index (χ1n) is 5.35. The van der Waals surface area contributed by atoms with Gasteiger partial charge in [0.1, 0.15) is 5.75 Å². The van der Waals surface area contributed by atoms with E-state index in [4.69, 9.17) is 4.74 Å². The molecule has 5 nitrogen and oxygen atoms in total. The van der Waals surface area contributed by atoms with Crippen LogP contribution in [0.25, 0.3) is 0 Å². The molecule has 1 aromatic heterocycles. The van der Waals surface area contributed by atoms with Crippen LogP contribution in [-0.2, 0) is 4.74 Å². The second-order valence-electron chi connectivity index (χ2n) is 3.63. The van der Waals surface area contributed by atoms with Crippen molar-refractivity contribution in [2.75, 3.05) is 7.11 Å². The number of methoxy groups -OCH3 is 1. The van der Waals surface area contributed by atoms with E-state index in [1.165, 1.54) is 19.4 Å². The molecule has 0 spiro atoms. The molecule has 92 valence electrons. The van der Waals surface area contributed by atoms with Crippen LogP contribution in [0.5, 0.6) is 11.8 Å². The second kappa shape index (κ2) is 5.27. The summed E-state index contributed by atoms with van der Waals surface area (Å²) in [5.74, 6) is 0.0915. The fourth-order valence-electron chi connectivity index (χ4n) is 1.32. The predicted molar refractivity (Wildman–Crippen MR) is 64.6 cm³/mol. The summed E-state index contributed by atoms with van der Waals surface area (Å²) in [5.41, 5.74) is 1.29. The molecular weight excluding hydrogens is 232 g/mol. The molecule has 18 heavy (non-hydrogen) atoms. The summed E-state index contributed by atoms with van der Waals surface area (Å²) in [4.78, 5) is 19.2. The molecule has 0 atom stereocenters. The van der Waals surface area contributed by atoms with Gasteiger partial charge in [-0.3, -0.25) is 0 Å². The van der Waals surface area contributed by atoms with Gasteiger partial charge in [0.15, 0.2) is 5.69 Å². The van der Waals surface area contributed by atoms with E-state index in [1.807, 2.05) is 31.2 Å². The molecule has 0 N–H and O–H groups in total. The third kappa shape index (κ3) is 2.82. The summed E-state index contributed by atoms with van der Waals surface area (Å²) in [5, 5.41) is 0. The number of ether oxygens (including phenoxy) is 2. The van der Waals surface area contributed by atoms with E-state index in [-0.39, 0.29) is 11.7 Å². The Bertz CT molecular complexity index is 552. The monoisotopic (exact) mass is 244 g/mol. The van der Waals surface area contributed by atoms with Gasteiger partial charge < -0.3 is 9.47 Å². The molecular formula is C13H12N2O3. The lowest BCUT2D eigenvalue weighted by atomic mass is 10.2. The van der Waals surface area contributed by atoms with E-state index in [2.05, 4.69) is 14.7 Å². The van der Waals surface area contributed by atoms with E-state index in [9.17, 15) is 4.79 Å². The van der Waals surface area contributed by atoms with Gasteiger partial charge in [0.05, 0.1) is 7.11 Å². The quantitative estimate of drug-likeness (QED) is 0.775. The largest absolute Gasteiger partial charge is 0.464 e. The Kier molecular flexibility index (Phi) is 3.52. The zero-order chi connectivity index (χ0) is 13.0. The molecule has 0 unspecified atom stereocenters. The van der Waals surface area contributed by atoms with Crippen LogP contribution in [0.3, 0.4) is 0 Å². The molecule has 0 aliphatic rings. The first kappa shape index (κ1) is 12.0. The van der Waals surface area contributed by atoms with Crippen LogP contribution in [0, 0.1) is 6.92 Å². The number of esters is 1. The van der Waals surface area contributed by atoms with Crippen LogP contribution >= 0.6 is 0 Å². The number of carbonyl (C=O) groups excluding carboxylic acids is 1. The Morgan fingerprint density at radius 3 is 2.56 bits per heavy atom. The smallest absolute Gasteiger partial charge is 0.356 e. The van der Waals surface area contributed by atoms with Crippen molar-refractivity contribution < 1.29 is 14.3 Å². The number of hydrogen-bond donors (Lipinski definition) is 0. The normalized spacial score (nSPS) is 9.89. The van der Waals surface area contributed by atoms with Crippen molar-refractivity contribution in [3.8, 4) is 11.8 Å². The van der Waals surface area contributed by atoms with E-state index in [1.54, 1.807) is 0 Å². The molecule has 1 aromatic carbocycles. The SMILES string of the molecule is COC(=O)c1ccnc(Oc2ccc(C)cc2)n1. The van der Waals surface area contributed by atoms with Gasteiger partial charge in [-0.1, -0.05) is 17.7 Å². The molecule has 2 aromatic rings. The summed E-state index contributed by atoms with van der Waals surface area (Å²) in [6, 6.07) is 9.03. The Morgan fingerprint density at radius 1 is 1.17 bits per heavy atom. The lowest BCUT2D eigenvalue weighted by Gasteiger charge is -2.04. The number of carbonyl (C=O) groups is 1. The maximum Gasteiger partial charge on any atom is 0.356 e. The molecule has 0 amide bonds. The van der Waals surface area contributed by atoms with Gasteiger partial charge >= 0.3 is 12.0 Å². The van der Waals surface area contributed by atoms with Gasteiger partial charge in [-0.05, 0) is 25.1 Å². The molecule has 0 saturated carbocycles. The van der Waals surface area contributed by atoms with Gasteiger partial charge in [0, 0.05) is 6.20 Å². The molecule has 0 aliphatic carbocycles. The minimum absolute atomic E-state index is 0.113. The highest BCUT2D eigenvalue weighted by Gasteiger charge is 2.09. The first-order chi connectivity index (χ1) is 8.69. The maximum absolute atomic E-state index is 11.3. The number of aromatic nitrogens is 2. The van der Waals surface area contributed by atoms with Crippen LogP contribution in [0.2, 0.25) is 0 Å². The van der Waals surface area contributed by atoms with Crippen molar-refractivity contribution in [2.24, 2.45) is 0 Å². The van der Waals surface area contributed by atoms with Crippen LogP contribution in [0.1, 0.15) is 16.1 Å². The van der Waals surface area contributed by atoms with Crippen LogP contribution < -0.4 is 4.74 Å². The summed E-state index contributed by atoms with van der Waals surface area (Å²) in [7, 11) is 1.30. The van der Waals surface area contributed by atoms with Crippen LogP contribution in [0.15, 0.2) is 36.5 Å². The number of hydrogen-bond acceptors (Lipinski definition) is 5. The summed E-state index contributed by atoms with van der Waals surface area (Å²) in [6.07, 6.45) is 1.45. The van der Waals surface area contributed by atoms with Gasteiger partial charge in [0.2, 0.25) is 0 Å². The van der Waals surface area contributed by atoms with Crippen molar-refractivity contribution in [1.82, 2.24) is 9.97 Å². The van der Waals surface area contributed by atoms with Crippen molar-refractivity contribution in [2.45, 2.75) is 6.92 Å². The highest BCUT2D eigenvalue weighted by atomic mass is 16.5. The van der Waals surface area contributed by atoms with Crippen molar-refractivity contribution in [3.63, 3.8) is 0 Å². The Hall–Kier alpha value is -2.43. The minimum Gasteiger partial charge on any atom is -0.464 e. The Balaban J connectivity index is 2.19. The molecule has 5 heteroatoms. The third-order valence-electron chi connectivity index (χ3n) is 2.26. The highest BCUT2D eigenvalue weighted by Crippen LogP contribution is 2.17. The Morgan fingerprint density at radius 2 is 1.89 bits per heavy atom. The minimum atomic E-state index is -0.522.